The van der Waals surface area contributed by atoms with E-state index in [0.29, 0.717) is 11.5 Å². The van der Waals surface area contributed by atoms with Gasteiger partial charge in [-0.05, 0) is 19.8 Å². The molecule has 5 heteroatoms. The molecule has 2 rings (SSSR count). The van der Waals surface area contributed by atoms with Crippen LogP contribution in [-0.2, 0) is 11.5 Å². The average molecular weight is 201 g/mol. The Morgan fingerprint density at radius 2 is 2.07 bits per heavy atom. The van der Waals surface area contributed by atoms with E-state index in [2.05, 4.69) is 9.97 Å². The second kappa shape index (κ2) is 2.53. The van der Waals surface area contributed by atoms with Gasteiger partial charge in [0.1, 0.15) is 11.5 Å². The van der Waals surface area contributed by atoms with E-state index < -0.39 is 11.5 Å². The first-order valence-electron chi connectivity index (χ1n) is 4.57. The van der Waals surface area contributed by atoms with Crippen LogP contribution in [-0.4, -0.2) is 9.97 Å². The minimum Gasteiger partial charge on any atom is -0.344 e. The Kier molecular flexibility index (Phi) is 1.73. The van der Waals surface area contributed by atoms with Crippen molar-refractivity contribution in [2.24, 2.45) is 5.73 Å². The molecule has 78 valence electrons. The molecule has 0 amide bonds. The molecule has 0 saturated heterocycles. The molecule has 1 fully saturated rings. The van der Waals surface area contributed by atoms with Crippen LogP contribution in [0.3, 0.4) is 0 Å². The molecular weight excluding hydrogens is 188 g/mol. The summed E-state index contributed by atoms with van der Waals surface area (Å²) in [5.41, 5.74) is 5.59. The zero-order chi connectivity index (χ0) is 10.6. The van der Waals surface area contributed by atoms with Gasteiger partial charge in [0.25, 0.3) is 5.92 Å². The summed E-state index contributed by atoms with van der Waals surface area (Å²) >= 11 is 0. The number of aryl methyl sites for hydroxylation is 1. The summed E-state index contributed by atoms with van der Waals surface area (Å²) in [5.74, 6) is -2.41. The summed E-state index contributed by atoms with van der Waals surface area (Å²) in [7, 11) is 0. The van der Waals surface area contributed by atoms with E-state index in [-0.39, 0.29) is 5.69 Å². The molecule has 0 unspecified atom stereocenters. The van der Waals surface area contributed by atoms with Gasteiger partial charge < -0.3 is 10.7 Å². The van der Waals surface area contributed by atoms with Crippen molar-refractivity contribution >= 4 is 0 Å². The molecule has 1 aromatic heterocycles. The molecule has 0 spiro atoms. The molecule has 0 bridgehead atoms. The van der Waals surface area contributed by atoms with Crippen molar-refractivity contribution < 1.29 is 8.78 Å². The number of hydrogen-bond donors (Lipinski definition) is 2. The van der Waals surface area contributed by atoms with Gasteiger partial charge in [0.05, 0.1) is 5.54 Å². The van der Waals surface area contributed by atoms with Crippen LogP contribution in [0.25, 0.3) is 0 Å². The highest BCUT2D eigenvalue weighted by Gasteiger charge is 2.44. The van der Waals surface area contributed by atoms with Gasteiger partial charge in [-0.1, -0.05) is 0 Å². The Hall–Kier alpha value is -0.970. The van der Waals surface area contributed by atoms with Gasteiger partial charge >= 0.3 is 0 Å². The third kappa shape index (κ3) is 1.41. The summed E-state index contributed by atoms with van der Waals surface area (Å²) < 4.78 is 26.0. The largest absolute Gasteiger partial charge is 0.344 e. The van der Waals surface area contributed by atoms with Crippen molar-refractivity contribution in [2.75, 3.05) is 0 Å². The van der Waals surface area contributed by atoms with Crippen LogP contribution >= 0.6 is 0 Å². The number of H-pyrrole nitrogens is 1. The highest BCUT2D eigenvalue weighted by atomic mass is 19.3. The van der Waals surface area contributed by atoms with Crippen LogP contribution < -0.4 is 5.73 Å². The van der Waals surface area contributed by atoms with Gasteiger partial charge in [-0.15, -0.1) is 0 Å². The van der Waals surface area contributed by atoms with E-state index in [1.165, 1.54) is 0 Å². The number of nitrogens with zero attached hydrogens (tertiary/aromatic N) is 1. The Morgan fingerprint density at radius 3 is 2.43 bits per heavy atom. The molecular formula is C9H13F2N3. The number of alkyl halides is 2. The van der Waals surface area contributed by atoms with E-state index in [9.17, 15) is 8.78 Å². The minimum absolute atomic E-state index is 0.191. The number of rotatable bonds is 2. The van der Waals surface area contributed by atoms with Crippen LogP contribution in [0, 0.1) is 6.92 Å². The highest BCUT2D eigenvalue weighted by Crippen LogP contribution is 2.42. The maximum Gasteiger partial charge on any atom is 0.288 e. The number of aromatic amines is 1. The predicted molar refractivity (Wildman–Crippen MR) is 48.0 cm³/mol. The first-order chi connectivity index (χ1) is 6.33. The van der Waals surface area contributed by atoms with E-state index in [0.717, 1.165) is 19.8 Å². The lowest BCUT2D eigenvalue weighted by molar-refractivity contribution is 0.0124. The summed E-state index contributed by atoms with van der Waals surface area (Å²) in [5, 5.41) is 0. The lowest BCUT2D eigenvalue weighted by Gasteiger charge is -2.07. The molecule has 0 radical (unpaired) electrons. The fraction of sp³-hybridized carbons (Fsp3) is 0.667. The molecule has 0 aliphatic heterocycles. The number of halogens is 2. The zero-order valence-electron chi connectivity index (χ0n) is 8.19. The molecule has 1 saturated carbocycles. The van der Waals surface area contributed by atoms with Crippen molar-refractivity contribution in [3.63, 3.8) is 0 Å². The molecule has 1 heterocycles. The molecule has 14 heavy (non-hydrogen) atoms. The van der Waals surface area contributed by atoms with Gasteiger partial charge in [0, 0.05) is 12.6 Å². The van der Waals surface area contributed by atoms with Gasteiger partial charge in [0.2, 0.25) is 0 Å². The molecule has 3 N–H and O–H groups in total. The quantitative estimate of drug-likeness (QED) is 0.766. The SMILES string of the molecule is Cc1[nH]c(C2(N)CC2)nc1C(C)(F)F. The Bertz CT molecular complexity index is 361. The second-order valence-electron chi connectivity index (χ2n) is 4.10. The fourth-order valence-electron chi connectivity index (χ4n) is 1.50. The van der Waals surface area contributed by atoms with Crippen molar-refractivity contribution in [2.45, 2.75) is 38.2 Å². The summed E-state index contributed by atoms with van der Waals surface area (Å²) in [6.07, 6.45) is 1.63. The van der Waals surface area contributed by atoms with Crippen LogP contribution in [0.4, 0.5) is 8.78 Å². The summed E-state index contributed by atoms with van der Waals surface area (Å²) in [4.78, 5) is 6.72. The van der Waals surface area contributed by atoms with Crippen LogP contribution in [0.2, 0.25) is 0 Å². The fourth-order valence-corrected chi connectivity index (χ4v) is 1.50. The number of hydrogen-bond acceptors (Lipinski definition) is 2. The smallest absolute Gasteiger partial charge is 0.288 e. The number of nitrogens with two attached hydrogens (primary N) is 1. The Balaban J connectivity index is 2.40. The van der Waals surface area contributed by atoms with Gasteiger partial charge in [-0.25, -0.2) is 4.98 Å². The summed E-state index contributed by atoms with van der Waals surface area (Å²) in [6, 6.07) is 0. The number of nitrogens with one attached hydrogen (secondary N) is 1. The van der Waals surface area contributed by atoms with Crippen molar-refractivity contribution in [3.8, 4) is 0 Å². The molecule has 1 aliphatic carbocycles. The molecule has 1 aromatic rings. The maximum absolute atomic E-state index is 13.0. The number of imidazole rings is 1. The molecule has 0 aromatic carbocycles. The predicted octanol–water partition coefficient (Wildman–Crippen LogP) is 1.78. The van der Waals surface area contributed by atoms with Crippen LogP contribution in [0.1, 0.15) is 37.0 Å². The second-order valence-corrected chi connectivity index (χ2v) is 4.10. The third-order valence-corrected chi connectivity index (χ3v) is 2.56. The molecule has 1 aliphatic rings. The molecule has 0 atom stereocenters. The van der Waals surface area contributed by atoms with E-state index >= 15 is 0 Å². The standard InChI is InChI=1S/C9H13F2N3/c1-5-6(8(2,10)11)14-7(13-5)9(12)3-4-9/h3-4,12H2,1-2H3,(H,13,14). The average Bonchev–Trinajstić information content (AvgIpc) is 2.61. The van der Waals surface area contributed by atoms with E-state index in [1.54, 1.807) is 6.92 Å². The summed E-state index contributed by atoms with van der Waals surface area (Å²) in [6.45, 7) is 2.44. The minimum atomic E-state index is -2.90. The van der Waals surface area contributed by atoms with Crippen LogP contribution in [0.15, 0.2) is 0 Å². The monoisotopic (exact) mass is 201 g/mol. The zero-order valence-corrected chi connectivity index (χ0v) is 8.19. The molecule has 3 nitrogen and oxygen atoms in total. The van der Waals surface area contributed by atoms with Gasteiger partial charge in [-0.2, -0.15) is 8.78 Å². The third-order valence-electron chi connectivity index (χ3n) is 2.56. The first-order valence-corrected chi connectivity index (χ1v) is 4.57. The van der Waals surface area contributed by atoms with Gasteiger partial charge in [0.15, 0.2) is 0 Å². The van der Waals surface area contributed by atoms with Crippen molar-refractivity contribution in [1.82, 2.24) is 9.97 Å². The van der Waals surface area contributed by atoms with Crippen molar-refractivity contribution in [1.29, 1.82) is 0 Å². The topological polar surface area (TPSA) is 54.7 Å². The first kappa shape index (κ1) is 9.58. The highest BCUT2D eigenvalue weighted by molar-refractivity contribution is 5.24. The maximum atomic E-state index is 13.0. The van der Waals surface area contributed by atoms with Crippen LogP contribution in [0.5, 0.6) is 0 Å². The number of aromatic nitrogens is 2. The lowest BCUT2D eigenvalue weighted by Crippen LogP contribution is -2.20. The van der Waals surface area contributed by atoms with Crippen molar-refractivity contribution in [3.05, 3.63) is 17.2 Å². The normalized spacial score (nSPS) is 19.8. The lowest BCUT2D eigenvalue weighted by atomic mass is 10.2. The Morgan fingerprint density at radius 1 is 1.50 bits per heavy atom. The van der Waals surface area contributed by atoms with Gasteiger partial charge in [-0.3, -0.25) is 0 Å². The van der Waals surface area contributed by atoms with E-state index in [1.807, 2.05) is 0 Å². The Labute approximate surface area is 80.7 Å². The van der Waals surface area contributed by atoms with E-state index in [4.69, 9.17) is 5.73 Å².